The SMILES string of the molecule is NNc1ncc(F)c(Oc2c(Cl)cc([N+](=O)[O-])cc2Cl)n1. The van der Waals surface area contributed by atoms with Crippen molar-refractivity contribution in [3.63, 3.8) is 0 Å². The predicted molar refractivity (Wildman–Crippen MR) is 73.0 cm³/mol. The molecule has 0 atom stereocenters. The predicted octanol–water partition coefficient (Wildman–Crippen LogP) is 2.91. The molecule has 0 radical (unpaired) electrons. The molecule has 2 rings (SSSR count). The van der Waals surface area contributed by atoms with Crippen LogP contribution in [0.5, 0.6) is 11.6 Å². The minimum Gasteiger partial charge on any atom is -0.433 e. The molecular weight excluding hydrogens is 328 g/mol. The zero-order valence-corrected chi connectivity index (χ0v) is 11.5. The largest absolute Gasteiger partial charge is 0.433 e. The number of hydrogen-bond acceptors (Lipinski definition) is 7. The molecule has 0 aliphatic carbocycles. The highest BCUT2D eigenvalue weighted by atomic mass is 35.5. The maximum Gasteiger partial charge on any atom is 0.272 e. The van der Waals surface area contributed by atoms with E-state index in [4.69, 9.17) is 33.8 Å². The highest BCUT2D eigenvalue weighted by Gasteiger charge is 2.18. The van der Waals surface area contributed by atoms with Crippen LogP contribution in [0, 0.1) is 15.9 Å². The Morgan fingerprint density at radius 1 is 1.38 bits per heavy atom. The lowest BCUT2D eigenvalue weighted by molar-refractivity contribution is -0.384. The highest BCUT2D eigenvalue weighted by Crippen LogP contribution is 2.39. The van der Waals surface area contributed by atoms with Gasteiger partial charge in [-0.25, -0.2) is 10.8 Å². The molecule has 0 aliphatic rings. The first kappa shape index (κ1) is 15.2. The normalized spacial score (nSPS) is 10.3. The van der Waals surface area contributed by atoms with E-state index in [0.717, 1.165) is 18.3 Å². The minimum atomic E-state index is -0.889. The van der Waals surface area contributed by atoms with E-state index in [2.05, 4.69) is 15.4 Å². The molecule has 11 heteroatoms. The van der Waals surface area contributed by atoms with E-state index in [1.165, 1.54) is 0 Å². The van der Waals surface area contributed by atoms with Gasteiger partial charge in [0.25, 0.3) is 11.6 Å². The fourth-order valence-electron chi connectivity index (χ4n) is 1.34. The van der Waals surface area contributed by atoms with Crippen molar-refractivity contribution in [2.75, 3.05) is 5.43 Å². The second-order valence-electron chi connectivity index (χ2n) is 3.59. The highest BCUT2D eigenvalue weighted by molar-refractivity contribution is 6.37. The third kappa shape index (κ3) is 3.27. The second-order valence-corrected chi connectivity index (χ2v) is 4.40. The average Bonchev–Trinajstić information content (AvgIpc) is 2.44. The van der Waals surface area contributed by atoms with Gasteiger partial charge in [-0.2, -0.15) is 9.37 Å². The van der Waals surface area contributed by atoms with Crippen LogP contribution in [0.3, 0.4) is 0 Å². The number of nitrogen functional groups attached to an aromatic ring is 1. The molecule has 110 valence electrons. The van der Waals surface area contributed by atoms with Gasteiger partial charge in [-0.05, 0) is 0 Å². The van der Waals surface area contributed by atoms with Gasteiger partial charge in [0.15, 0.2) is 5.75 Å². The molecule has 0 bridgehead atoms. The van der Waals surface area contributed by atoms with Gasteiger partial charge in [0.05, 0.1) is 21.2 Å². The molecule has 0 fully saturated rings. The van der Waals surface area contributed by atoms with E-state index in [-0.39, 0.29) is 27.4 Å². The number of nitrogens with two attached hydrogens (primary N) is 1. The summed E-state index contributed by atoms with van der Waals surface area (Å²) < 4.78 is 18.7. The van der Waals surface area contributed by atoms with Crippen molar-refractivity contribution in [3.05, 3.63) is 44.3 Å². The molecule has 0 amide bonds. The van der Waals surface area contributed by atoms with Crippen LogP contribution in [0.25, 0.3) is 0 Å². The molecule has 0 spiro atoms. The number of nitrogens with zero attached hydrogens (tertiary/aromatic N) is 3. The Labute approximate surface area is 126 Å². The fraction of sp³-hybridized carbons (Fsp3) is 0. The second kappa shape index (κ2) is 6.04. The van der Waals surface area contributed by atoms with Crippen LogP contribution < -0.4 is 16.0 Å². The monoisotopic (exact) mass is 333 g/mol. The van der Waals surface area contributed by atoms with Gasteiger partial charge in [0.2, 0.25) is 11.8 Å². The zero-order chi connectivity index (χ0) is 15.6. The lowest BCUT2D eigenvalue weighted by atomic mass is 10.3. The number of halogens is 3. The number of anilines is 1. The summed E-state index contributed by atoms with van der Waals surface area (Å²) >= 11 is 11.7. The van der Waals surface area contributed by atoms with Crippen molar-refractivity contribution in [2.45, 2.75) is 0 Å². The van der Waals surface area contributed by atoms with E-state index in [1.807, 2.05) is 0 Å². The summed E-state index contributed by atoms with van der Waals surface area (Å²) in [7, 11) is 0. The van der Waals surface area contributed by atoms with Crippen LogP contribution >= 0.6 is 23.2 Å². The number of nitrogens with one attached hydrogen (secondary N) is 1. The van der Waals surface area contributed by atoms with Crippen LogP contribution in [-0.2, 0) is 0 Å². The molecule has 0 saturated carbocycles. The number of aromatic nitrogens is 2. The summed E-state index contributed by atoms with van der Waals surface area (Å²) in [6.07, 6.45) is 0.824. The van der Waals surface area contributed by atoms with Crippen LogP contribution in [0.15, 0.2) is 18.3 Å². The maximum absolute atomic E-state index is 13.5. The van der Waals surface area contributed by atoms with E-state index in [9.17, 15) is 14.5 Å². The number of ether oxygens (including phenoxy) is 1. The summed E-state index contributed by atoms with van der Waals surface area (Å²) in [5.74, 6) is 3.44. The molecular formula is C10H6Cl2FN5O3. The van der Waals surface area contributed by atoms with E-state index in [1.54, 1.807) is 0 Å². The van der Waals surface area contributed by atoms with Gasteiger partial charge >= 0.3 is 0 Å². The van der Waals surface area contributed by atoms with Crippen LogP contribution in [0.4, 0.5) is 16.0 Å². The molecule has 0 aliphatic heterocycles. The van der Waals surface area contributed by atoms with Gasteiger partial charge in [-0.1, -0.05) is 23.2 Å². The van der Waals surface area contributed by atoms with E-state index >= 15 is 0 Å². The lowest BCUT2D eigenvalue weighted by Crippen LogP contribution is -2.11. The number of nitro benzene ring substituents is 1. The molecule has 21 heavy (non-hydrogen) atoms. The third-order valence-electron chi connectivity index (χ3n) is 2.23. The number of rotatable bonds is 4. The standard InChI is InChI=1S/C10H6Cl2FN5O3/c11-5-1-4(18(19)20)2-6(12)8(5)21-9-7(13)3-15-10(16-9)17-14/h1-3H,14H2,(H,15,16,17). The number of nitro groups is 1. The smallest absolute Gasteiger partial charge is 0.272 e. The molecule has 0 saturated heterocycles. The van der Waals surface area contributed by atoms with Gasteiger partial charge in [-0.3, -0.25) is 15.5 Å². The third-order valence-corrected chi connectivity index (χ3v) is 2.80. The molecule has 1 heterocycles. The van der Waals surface area contributed by atoms with Crippen LogP contribution in [0.1, 0.15) is 0 Å². The molecule has 0 unspecified atom stereocenters. The Bertz CT molecular complexity index is 692. The summed E-state index contributed by atoms with van der Waals surface area (Å²) in [6.45, 7) is 0. The summed E-state index contributed by atoms with van der Waals surface area (Å²) in [4.78, 5) is 17.1. The Hall–Kier alpha value is -2.23. The maximum atomic E-state index is 13.5. The summed E-state index contributed by atoms with van der Waals surface area (Å²) in [5.41, 5.74) is 1.78. The Balaban J connectivity index is 2.42. The number of hydrogen-bond donors (Lipinski definition) is 2. The van der Waals surface area contributed by atoms with Crippen molar-refractivity contribution in [3.8, 4) is 11.6 Å². The van der Waals surface area contributed by atoms with E-state index < -0.39 is 16.6 Å². The number of hydrazine groups is 1. The summed E-state index contributed by atoms with van der Waals surface area (Å²) in [5, 5.41) is 10.3. The first-order valence-electron chi connectivity index (χ1n) is 5.23. The average molecular weight is 334 g/mol. The molecule has 3 N–H and O–H groups in total. The van der Waals surface area contributed by atoms with Gasteiger partial charge < -0.3 is 4.74 Å². The molecule has 1 aromatic heterocycles. The number of non-ortho nitro benzene ring substituents is 1. The quantitative estimate of drug-likeness (QED) is 0.501. The number of benzene rings is 1. The topological polar surface area (TPSA) is 116 Å². The van der Waals surface area contributed by atoms with Crippen molar-refractivity contribution in [2.24, 2.45) is 5.84 Å². The first-order valence-corrected chi connectivity index (χ1v) is 5.98. The van der Waals surface area contributed by atoms with Gasteiger partial charge in [-0.15, -0.1) is 0 Å². The van der Waals surface area contributed by atoms with Crippen molar-refractivity contribution >= 4 is 34.8 Å². The lowest BCUT2D eigenvalue weighted by Gasteiger charge is -2.09. The fourth-order valence-corrected chi connectivity index (χ4v) is 1.89. The van der Waals surface area contributed by atoms with Crippen LogP contribution in [0.2, 0.25) is 10.0 Å². The minimum absolute atomic E-state index is 0.0967. The zero-order valence-electron chi connectivity index (χ0n) is 10.0. The Kier molecular flexibility index (Phi) is 4.36. The molecule has 2 aromatic rings. The van der Waals surface area contributed by atoms with Gasteiger partial charge in [0, 0.05) is 12.1 Å². The van der Waals surface area contributed by atoms with Crippen molar-refractivity contribution in [1.82, 2.24) is 9.97 Å². The molecule has 8 nitrogen and oxygen atoms in total. The first-order chi connectivity index (χ1) is 9.92. The van der Waals surface area contributed by atoms with Gasteiger partial charge in [0.1, 0.15) is 0 Å². The van der Waals surface area contributed by atoms with Crippen molar-refractivity contribution < 1.29 is 14.1 Å². The summed E-state index contributed by atoms with van der Waals surface area (Å²) in [6, 6.07) is 2.04. The van der Waals surface area contributed by atoms with E-state index in [0.29, 0.717) is 0 Å². The molecule has 1 aromatic carbocycles. The Morgan fingerprint density at radius 3 is 2.52 bits per heavy atom. The Morgan fingerprint density at radius 2 is 2.00 bits per heavy atom. The van der Waals surface area contributed by atoms with Crippen molar-refractivity contribution in [1.29, 1.82) is 0 Å². The van der Waals surface area contributed by atoms with Crippen LogP contribution in [-0.4, -0.2) is 14.9 Å².